The summed E-state index contributed by atoms with van der Waals surface area (Å²) in [5.41, 5.74) is 3.88. The van der Waals surface area contributed by atoms with Gasteiger partial charge in [0.2, 0.25) is 0 Å². The van der Waals surface area contributed by atoms with Crippen molar-refractivity contribution in [3.05, 3.63) is 24.6 Å². The monoisotopic (exact) mass is 353 g/mol. The Morgan fingerprint density at radius 1 is 1.10 bits per heavy atom. The van der Waals surface area contributed by atoms with E-state index in [0.717, 1.165) is 0 Å². The molecule has 0 rings (SSSR count). The van der Waals surface area contributed by atoms with E-state index in [1.807, 2.05) is 11.4 Å². The van der Waals surface area contributed by atoms with Crippen molar-refractivity contribution in [3.8, 4) is 0 Å². The summed E-state index contributed by atoms with van der Waals surface area (Å²) in [4.78, 5) is 0. The summed E-state index contributed by atoms with van der Waals surface area (Å²) in [5, 5.41) is 0. The standard InChI is InChI=1S/C6H14OSi2.Pt/c1-5-8(3)7-9(4)6-2;/h5-6,8-9H,1-2H2,3-4H3;. The third kappa shape index (κ3) is 6.68. The molecule has 4 heteroatoms. The van der Waals surface area contributed by atoms with Crippen molar-refractivity contribution in [1.82, 2.24) is 0 Å². The van der Waals surface area contributed by atoms with Crippen LogP contribution in [0, 0.1) is 0 Å². The molecule has 0 aromatic carbocycles. The van der Waals surface area contributed by atoms with E-state index in [0.29, 0.717) is 0 Å². The van der Waals surface area contributed by atoms with Crippen molar-refractivity contribution in [2.24, 2.45) is 0 Å². The Balaban J connectivity index is 0. The zero-order valence-corrected chi connectivity index (χ0v) is 11.0. The maximum atomic E-state index is 5.59. The first kappa shape index (κ1) is 13.2. The van der Waals surface area contributed by atoms with Crippen molar-refractivity contribution >= 4 is 18.1 Å². The number of rotatable bonds is 4. The number of hydrogen-bond acceptors (Lipinski definition) is 1. The fourth-order valence-corrected chi connectivity index (χ4v) is 4.05. The second-order valence-corrected chi connectivity index (χ2v) is 6.87. The molecule has 1 nitrogen and oxygen atoms in total. The van der Waals surface area contributed by atoms with Gasteiger partial charge in [0.05, 0.1) is 0 Å². The molecule has 0 aromatic rings. The summed E-state index contributed by atoms with van der Waals surface area (Å²) < 4.78 is 5.59. The maximum Gasteiger partial charge on any atom is 0.184 e. The van der Waals surface area contributed by atoms with E-state index in [4.69, 9.17) is 4.12 Å². The summed E-state index contributed by atoms with van der Waals surface area (Å²) in [6.07, 6.45) is 0. The second kappa shape index (κ2) is 7.67. The quantitative estimate of drug-likeness (QED) is 0.690. The maximum absolute atomic E-state index is 5.59. The third-order valence-corrected chi connectivity index (χ3v) is 5.86. The van der Waals surface area contributed by atoms with Crippen LogP contribution in [0.1, 0.15) is 0 Å². The van der Waals surface area contributed by atoms with Crippen LogP contribution in [0.4, 0.5) is 0 Å². The topological polar surface area (TPSA) is 9.23 Å². The summed E-state index contributed by atoms with van der Waals surface area (Å²) in [6.45, 7) is 11.6. The van der Waals surface area contributed by atoms with Crippen molar-refractivity contribution in [1.29, 1.82) is 0 Å². The Labute approximate surface area is 80.9 Å². The molecule has 0 fully saturated rings. The van der Waals surface area contributed by atoms with E-state index < -0.39 is 18.1 Å². The van der Waals surface area contributed by atoms with E-state index in [1.54, 1.807) is 0 Å². The van der Waals surface area contributed by atoms with Gasteiger partial charge in [0, 0.05) is 21.1 Å². The molecular formula is C6H14OPtSi2. The first-order chi connectivity index (χ1) is 4.20. The van der Waals surface area contributed by atoms with Crippen LogP contribution in [-0.2, 0) is 25.2 Å². The molecule has 0 bridgehead atoms. The fourth-order valence-electron chi connectivity index (χ4n) is 0.450. The normalized spacial score (nSPS) is 14.6. The van der Waals surface area contributed by atoms with Crippen LogP contribution in [0.25, 0.3) is 0 Å². The van der Waals surface area contributed by atoms with Crippen LogP contribution in [0.5, 0.6) is 0 Å². The van der Waals surface area contributed by atoms with Gasteiger partial charge >= 0.3 is 0 Å². The summed E-state index contributed by atoms with van der Waals surface area (Å²) in [7, 11) is -2.00. The van der Waals surface area contributed by atoms with Gasteiger partial charge in [-0.15, -0.1) is 13.2 Å². The van der Waals surface area contributed by atoms with Gasteiger partial charge in [-0.2, -0.15) is 0 Å². The molecule has 0 aliphatic rings. The van der Waals surface area contributed by atoms with Gasteiger partial charge in [0.15, 0.2) is 18.1 Å². The third-order valence-electron chi connectivity index (χ3n) is 1.09. The second-order valence-electron chi connectivity index (χ2n) is 2.02. The minimum Gasteiger partial charge on any atom is -0.454 e. The van der Waals surface area contributed by atoms with Gasteiger partial charge in [-0.05, 0) is 13.1 Å². The van der Waals surface area contributed by atoms with E-state index in [9.17, 15) is 0 Å². The Bertz CT molecular complexity index is 95.9. The summed E-state index contributed by atoms with van der Waals surface area (Å²) >= 11 is 0. The molecule has 0 amide bonds. The molecule has 2 unspecified atom stereocenters. The number of hydrogen-bond donors (Lipinski definition) is 0. The van der Waals surface area contributed by atoms with Gasteiger partial charge in [0.25, 0.3) is 0 Å². The Hall–Kier alpha value is 0.562. The molecule has 0 aliphatic heterocycles. The van der Waals surface area contributed by atoms with E-state index in [2.05, 4.69) is 26.3 Å². The van der Waals surface area contributed by atoms with E-state index in [-0.39, 0.29) is 21.1 Å². The van der Waals surface area contributed by atoms with Crippen LogP contribution in [0.15, 0.2) is 24.6 Å². The largest absolute Gasteiger partial charge is 0.454 e. The smallest absolute Gasteiger partial charge is 0.184 e. The predicted octanol–water partition coefficient (Wildman–Crippen LogP) is 1.16. The van der Waals surface area contributed by atoms with Crippen LogP contribution < -0.4 is 0 Å². The van der Waals surface area contributed by atoms with Gasteiger partial charge in [0.1, 0.15) is 0 Å². The minimum atomic E-state index is -1.00. The summed E-state index contributed by atoms with van der Waals surface area (Å²) in [6, 6.07) is 0. The molecule has 10 heavy (non-hydrogen) atoms. The van der Waals surface area contributed by atoms with E-state index >= 15 is 0 Å². The van der Waals surface area contributed by atoms with Gasteiger partial charge < -0.3 is 4.12 Å². The van der Waals surface area contributed by atoms with Crippen molar-refractivity contribution in [2.45, 2.75) is 13.1 Å². The molecule has 62 valence electrons. The average Bonchev–Trinajstić information content (AvgIpc) is 1.87. The molecule has 0 N–H and O–H groups in total. The SMILES string of the molecule is C=C[SiH](C)O[SiH](C)C=C.[Pt]. The molecule has 0 radical (unpaired) electrons. The van der Waals surface area contributed by atoms with E-state index in [1.165, 1.54) is 0 Å². The van der Waals surface area contributed by atoms with Crippen LogP contribution in [0.3, 0.4) is 0 Å². The molecule has 0 saturated carbocycles. The molecule has 2 atom stereocenters. The minimum absolute atomic E-state index is 0. The van der Waals surface area contributed by atoms with Crippen LogP contribution >= 0.6 is 0 Å². The first-order valence-corrected chi connectivity index (χ1v) is 7.69. The van der Waals surface area contributed by atoms with Crippen molar-refractivity contribution in [3.63, 3.8) is 0 Å². The molecule has 0 aromatic heterocycles. The first-order valence-electron chi connectivity index (χ1n) is 3.11. The fraction of sp³-hybridized carbons (Fsp3) is 0.333. The molecule has 0 spiro atoms. The van der Waals surface area contributed by atoms with Crippen molar-refractivity contribution in [2.75, 3.05) is 0 Å². The Morgan fingerprint density at radius 3 is 1.60 bits per heavy atom. The predicted molar refractivity (Wildman–Crippen MR) is 47.5 cm³/mol. The zero-order valence-electron chi connectivity index (χ0n) is 6.45. The van der Waals surface area contributed by atoms with Gasteiger partial charge in [-0.3, -0.25) is 0 Å². The Morgan fingerprint density at radius 2 is 1.40 bits per heavy atom. The van der Waals surface area contributed by atoms with Gasteiger partial charge in [-0.25, -0.2) is 0 Å². The van der Waals surface area contributed by atoms with Crippen LogP contribution in [0.2, 0.25) is 13.1 Å². The molecule has 0 aliphatic carbocycles. The Kier molecular flexibility index (Phi) is 10.1. The summed E-state index contributed by atoms with van der Waals surface area (Å²) in [5.74, 6) is 0. The van der Waals surface area contributed by atoms with Crippen LogP contribution in [-0.4, -0.2) is 18.1 Å². The molecular weight excluding hydrogens is 339 g/mol. The molecule has 0 heterocycles. The van der Waals surface area contributed by atoms with Gasteiger partial charge in [-0.1, -0.05) is 11.4 Å². The average molecular weight is 353 g/mol. The molecule has 0 saturated heterocycles. The zero-order chi connectivity index (χ0) is 7.28. The van der Waals surface area contributed by atoms with Crippen molar-refractivity contribution < 1.29 is 25.2 Å².